The SMILES string of the molecule is CC(C)C(NC(=O)[C@H](C)C[C@H](O)C(Cc1ccccc1)NC(=O)OC(C)(C)C)C(N)=O. The van der Waals surface area contributed by atoms with Gasteiger partial charge in [-0.05, 0) is 45.1 Å². The number of aliphatic hydroxyl groups excluding tert-OH is 1. The summed E-state index contributed by atoms with van der Waals surface area (Å²) >= 11 is 0. The molecule has 174 valence electrons. The summed E-state index contributed by atoms with van der Waals surface area (Å²) in [5.74, 6) is -1.75. The predicted octanol–water partition coefficient (Wildman–Crippen LogP) is 2.14. The first-order chi connectivity index (χ1) is 14.3. The summed E-state index contributed by atoms with van der Waals surface area (Å²) in [5.41, 5.74) is 5.61. The molecule has 0 radical (unpaired) electrons. The lowest BCUT2D eigenvalue weighted by molar-refractivity contribution is -0.131. The van der Waals surface area contributed by atoms with Gasteiger partial charge >= 0.3 is 6.09 Å². The van der Waals surface area contributed by atoms with Crippen LogP contribution in [0.4, 0.5) is 4.79 Å². The molecular weight excluding hydrogens is 398 g/mol. The summed E-state index contributed by atoms with van der Waals surface area (Å²) in [5, 5.41) is 16.2. The standard InChI is InChI=1S/C23H37N3O5/c1-14(2)19(20(24)28)26-21(29)15(3)12-18(27)17(13-16-10-8-7-9-11-16)25-22(30)31-23(4,5)6/h7-11,14-15,17-19,27H,12-13H2,1-6H3,(H2,24,28)(H,25,30)(H,26,29)/t15-,17?,18+,19?/m1/s1. The number of nitrogens with one attached hydrogen (secondary N) is 2. The van der Waals surface area contributed by atoms with Gasteiger partial charge in [0.1, 0.15) is 11.6 Å². The lowest BCUT2D eigenvalue weighted by Crippen LogP contribution is -2.51. The van der Waals surface area contributed by atoms with Crippen molar-refractivity contribution in [2.75, 3.05) is 0 Å². The molecule has 0 spiro atoms. The smallest absolute Gasteiger partial charge is 0.407 e. The van der Waals surface area contributed by atoms with E-state index in [0.717, 1.165) is 5.56 Å². The third-order valence-electron chi connectivity index (χ3n) is 4.78. The van der Waals surface area contributed by atoms with Crippen LogP contribution in [0.15, 0.2) is 30.3 Å². The summed E-state index contributed by atoms with van der Waals surface area (Å²) in [7, 11) is 0. The molecule has 0 heterocycles. The molecule has 0 aromatic heterocycles. The maximum Gasteiger partial charge on any atom is 0.407 e. The molecule has 0 aliphatic carbocycles. The minimum Gasteiger partial charge on any atom is -0.444 e. The average Bonchev–Trinajstić information content (AvgIpc) is 2.63. The molecule has 0 aliphatic rings. The second kappa shape index (κ2) is 11.7. The first-order valence-corrected chi connectivity index (χ1v) is 10.6. The van der Waals surface area contributed by atoms with E-state index in [1.54, 1.807) is 41.5 Å². The largest absolute Gasteiger partial charge is 0.444 e. The molecule has 8 nitrogen and oxygen atoms in total. The minimum atomic E-state index is -1.01. The van der Waals surface area contributed by atoms with Crippen molar-refractivity contribution in [2.45, 2.75) is 78.2 Å². The zero-order chi connectivity index (χ0) is 23.8. The van der Waals surface area contributed by atoms with Crippen molar-refractivity contribution in [3.8, 4) is 0 Å². The van der Waals surface area contributed by atoms with E-state index in [1.807, 2.05) is 30.3 Å². The first kappa shape index (κ1) is 26.4. The van der Waals surface area contributed by atoms with Crippen LogP contribution >= 0.6 is 0 Å². The number of primary amides is 1. The van der Waals surface area contributed by atoms with Crippen LogP contribution in [0.3, 0.4) is 0 Å². The van der Waals surface area contributed by atoms with Crippen LogP contribution in [0, 0.1) is 11.8 Å². The van der Waals surface area contributed by atoms with Crippen LogP contribution in [0.5, 0.6) is 0 Å². The van der Waals surface area contributed by atoms with E-state index in [2.05, 4.69) is 10.6 Å². The quantitative estimate of drug-likeness (QED) is 0.447. The second-order valence-electron chi connectivity index (χ2n) is 9.28. The Bertz CT molecular complexity index is 730. The van der Waals surface area contributed by atoms with Crippen LogP contribution in [0.25, 0.3) is 0 Å². The van der Waals surface area contributed by atoms with Gasteiger partial charge < -0.3 is 26.2 Å². The third kappa shape index (κ3) is 9.83. The molecule has 5 N–H and O–H groups in total. The number of hydrogen-bond donors (Lipinski definition) is 4. The van der Waals surface area contributed by atoms with Crippen molar-refractivity contribution in [1.29, 1.82) is 0 Å². The fourth-order valence-electron chi connectivity index (χ4n) is 3.11. The van der Waals surface area contributed by atoms with Gasteiger partial charge in [-0.15, -0.1) is 0 Å². The maximum atomic E-state index is 12.5. The number of benzene rings is 1. The number of hydrogen-bond acceptors (Lipinski definition) is 5. The van der Waals surface area contributed by atoms with E-state index < -0.39 is 41.7 Å². The molecule has 0 saturated heterocycles. The van der Waals surface area contributed by atoms with Crippen molar-refractivity contribution >= 4 is 17.9 Å². The van der Waals surface area contributed by atoms with Crippen molar-refractivity contribution in [2.24, 2.45) is 17.6 Å². The van der Waals surface area contributed by atoms with E-state index in [0.29, 0.717) is 6.42 Å². The zero-order valence-corrected chi connectivity index (χ0v) is 19.3. The third-order valence-corrected chi connectivity index (χ3v) is 4.78. The average molecular weight is 436 g/mol. The summed E-state index contributed by atoms with van der Waals surface area (Å²) < 4.78 is 5.32. The summed E-state index contributed by atoms with van der Waals surface area (Å²) in [6.07, 6.45) is -1.20. The van der Waals surface area contributed by atoms with Gasteiger partial charge in [0.05, 0.1) is 12.1 Å². The Kier molecular flexibility index (Phi) is 9.97. The van der Waals surface area contributed by atoms with Crippen LogP contribution in [0.2, 0.25) is 0 Å². The molecule has 31 heavy (non-hydrogen) atoms. The van der Waals surface area contributed by atoms with E-state index in [-0.39, 0.29) is 18.2 Å². The van der Waals surface area contributed by atoms with Crippen LogP contribution in [0.1, 0.15) is 53.5 Å². The Morgan fingerprint density at radius 1 is 1.06 bits per heavy atom. The number of ether oxygens (including phenoxy) is 1. The van der Waals surface area contributed by atoms with Crippen molar-refractivity contribution in [1.82, 2.24) is 10.6 Å². The highest BCUT2D eigenvalue weighted by Gasteiger charge is 2.30. The molecule has 0 fully saturated rings. The molecule has 0 aliphatic heterocycles. The molecular formula is C23H37N3O5. The number of carbonyl (C=O) groups is 3. The van der Waals surface area contributed by atoms with Crippen LogP contribution < -0.4 is 16.4 Å². The fraction of sp³-hybridized carbons (Fsp3) is 0.609. The van der Waals surface area contributed by atoms with Gasteiger partial charge in [0.2, 0.25) is 11.8 Å². The highest BCUT2D eigenvalue weighted by Crippen LogP contribution is 2.16. The maximum absolute atomic E-state index is 12.5. The van der Waals surface area contributed by atoms with E-state index in [4.69, 9.17) is 10.5 Å². The molecule has 3 amide bonds. The Morgan fingerprint density at radius 3 is 2.13 bits per heavy atom. The van der Waals surface area contributed by atoms with Crippen molar-refractivity contribution in [3.63, 3.8) is 0 Å². The fourth-order valence-corrected chi connectivity index (χ4v) is 3.11. The van der Waals surface area contributed by atoms with Gasteiger partial charge in [0.25, 0.3) is 0 Å². The molecule has 1 rings (SSSR count). The molecule has 1 aromatic carbocycles. The van der Waals surface area contributed by atoms with Gasteiger partial charge in [-0.25, -0.2) is 4.79 Å². The molecule has 1 aromatic rings. The number of aliphatic hydroxyl groups is 1. The number of amides is 3. The Balaban J connectivity index is 2.87. The molecule has 2 unspecified atom stereocenters. The normalized spacial score (nSPS) is 15.5. The highest BCUT2D eigenvalue weighted by atomic mass is 16.6. The Hall–Kier alpha value is -2.61. The lowest BCUT2D eigenvalue weighted by atomic mass is 9.93. The summed E-state index contributed by atoms with van der Waals surface area (Å²) in [6, 6.07) is 7.97. The highest BCUT2D eigenvalue weighted by molar-refractivity contribution is 5.87. The lowest BCUT2D eigenvalue weighted by Gasteiger charge is -2.28. The van der Waals surface area contributed by atoms with Gasteiger partial charge in [-0.1, -0.05) is 51.1 Å². The first-order valence-electron chi connectivity index (χ1n) is 10.6. The van der Waals surface area contributed by atoms with Gasteiger partial charge in [0.15, 0.2) is 0 Å². The predicted molar refractivity (Wildman–Crippen MR) is 119 cm³/mol. The number of carbonyl (C=O) groups excluding carboxylic acids is 3. The van der Waals surface area contributed by atoms with Crippen LogP contribution in [-0.2, 0) is 20.7 Å². The van der Waals surface area contributed by atoms with E-state index >= 15 is 0 Å². The van der Waals surface area contributed by atoms with Crippen LogP contribution in [-0.4, -0.2) is 46.8 Å². The molecule has 8 heteroatoms. The second-order valence-corrected chi connectivity index (χ2v) is 9.28. The Labute approximate surface area is 184 Å². The Morgan fingerprint density at radius 2 is 1.65 bits per heavy atom. The minimum absolute atomic E-state index is 0.0860. The van der Waals surface area contributed by atoms with Crippen molar-refractivity contribution < 1.29 is 24.2 Å². The molecule has 4 atom stereocenters. The summed E-state index contributed by atoms with van der Waals surface area (Å²) in [4.78, 5) is 36.4. The van der Waals surface area contributed by atoms with Gasteiger partial charge in [0, 0.05) is 5.92 Å². The van der Waals surface area contributed by atoms with E-state index in [9.17, 15) is 19.5 Å². The monoisotopic (exact) mass is 435 g/mol. The zero-order valence-electron chi connectivity index (χ0n) is 19.3. The topological polar surface area (TPSA) is 131 Å². The van der Waals surface area contributed by atoms with Gasteiger partial charge in [-0.3, -0.25) is 9.59 Å². The number of nitrogens with two attached hydrogens (primary N) is 1. The van der Waals surface area contributed by atoms with Gasteiger partial charge in [-0.2, -0.15) is 0 Å². The number of rotatable bonds is 10. The van der Waals surface area contributed by atoms with Crippen molar-refractivity contribution in [3.05, 3.63) is 35.9 Å². The molecule has 0 saturated carbocycles. The molecule has 0 bridgehead atoms. The number of alkyl carbamates (subject to hydrolysis) is 1. The summed E-state index contributed by atoms with van der Waals surface area (Å²) in [6.45, 7) is 10.5. The van der Waals surface area contributed by atoms with E-state index in [1.165, 1.54) is 0 Å².